The molecule has 35 heavy (non-hydrogen) atoms. The van der Waals surface area contributed by atoms with E-state index in [0.717, 1.165) is 39.9 Å². The highest BCUT2D eigenvalue weighted by molar-refractivity contribution is 7.23. The van der Waals surface area contributed by atoms with Crippen molar-refractivity contribution in [2.45, 2.75) is 19.4 Å². The number of imidazole rings is 1. The van der Waals surface area contributed by atoms with Crippen LogP contribution in [0.2, 0.25) is 0 Å². The molecule has 0 fully saturated rings. The molecule has 0 saturated heterocycles. The quantitative estimate of drug-likeness (QED) is 0.344. The Balaban J connectivity index is 1.21. The van der Waals surface area contributed by atoms with Gasteiger partial charge in [-0.15, -0.1) is 0 Å². The second-order valence-electron chi connectivity index (χ2n) is 8.16. The van der Waals surface area contributed by atoms with E-state index < -0.39 is 29.5 Å². The smallest absolute Gasteiger partial charge is 0.246 e. The van der Waals surface area contributed by atoms with Gasteiger partial charge >= 0.3 is 0 Å². The fraction of sp³-hybridized carbons (Fsp3) is 0.115. The zero-order chi connectivity index (χ0) is 24.5. The first kappa shape index (κ1) is 22.7. The first-order valence-electron chi connectivity index (χ1n) is 10.9. The number of aromatic nitrogens is 2. The van der Waals surface area contributed by atoms with Crippen molar-refractivity contribution in [2.24, 2.45) is 0 Å². The molecule has 2 heterocycles. The average Bonchev–Trinajstić information content (AvgIpc) is 3.37. The highest BCUT2D eigenvalue weighted by atomic mass is 32.1. The van der Waals surface area contributed by atoms with Gasteiger partial charge in [-0.1, -0.05) is 35.6 Å². The predicted molar refractivity (Wildman–Crippen MR) is 132 cm³/mol. The van der Waals surface area contributed by atoms with E-state index in [1.807, 2.05) is 30.5 Å². The lowest BCUT2D eigenvalue weighted by molar-refractivity contribution is -0.125. The van der Waals surface area contributed by atoms with E-state index in [4.69, 9.17) is 4.98 Å². The molecule has 2 amide bonds. The zero-order valence-electron chi connectivity index (χ0n) is 18.6. The van der Waals surface area contributed by atoms with Gasteiger partial charge in [0.25, 0.3) is 0 Å². The van der Waals surface area contributed by atoms with Crippen LogP contribution in [0.1, 0.15) is 12.5 Å². The highest BCUT2D eigenvalue weighted by Gasteiger charge is 2.17. The molecule has 1 unspecified atom stereocenters. The van der Waals surface area contributed by atoms with Gasteiger partial charge in [0.15, 0.2) is 4.96 Å². The molecular weight excluding hydrogens is 470 g/mol. The lowest BCUT2D eigenvalue weighted by atomic mass is 10.1. The summed E-state index contributed by atoms with van der Waals surface area (Å²) >= 11 is 1.62. The van der Waals surface area contributed by atoms with Gasteiger partial charge in [0.05, 0.1) is 22.3 Å². The Morgan fingerprint density at radius 1 is 1.03 bits per heavy atom. The summed E-state index contributed by atoms with van der Waals surface area (Å²) in [5, 5.41) is 5.30. The summed E-state index contributed by atoms with van der Waals surface area (Å²) in [5.41, 5.74) is 3.60. The minimum absolute atomic E-state index is 0.190. The maximum Gasteiger partial charge on any atom is 0.246 e. The number of rotatable bonds is 6. The molecule has 5 aromatic rings. The van der Waals surface area contributed by atoms with Crippen LogP contribution in [0.3, 0.4) is 0 Å². The van der Waals surface area contributed by atoms with E-state index in [2.05, 4.69) is 27.2 Å². The summed E-state index contributed by atoms with van der Waals surface area (Å²) < 4.78 is 29.8. The number of halogens is 2. The number of amides is 2. The molecular formula is C26H20F2N4O2S. The predicted octanol–water partition coefficient (Wildman–Crippen LogP) is 5.18. The van der Waals surface area contributed by atoms with Crippen molar-refractivity contribution in [1.82, 2.24) is 14.7 Å². The summed E-state index contributed by atoms with van der Waals surface area (Å²) in [7, 11) is 0. The van der Waals surface area contributed by atoms with Crippen molar-refractivity contribution in [3.8, 4) is 11.3 Å². The number of thiazole rings is 1. The van der Waals surface area contributed by atoms with Gasteiger partial charge in [0.2, 0.25) is 11.8 Å². The Kier molecular flexibility index (Phi) is 6.00. The Bertz CT molecular complexity index is 1540. The first-order chi connectivity index (χ1) is 16.9. The fourth-order valence-corrected chi connectivity index (χ4v) is 4.83. The van der Waals surface area contributed by atoms with Crippen LogP contribution >= 0.6 is 11.3 Å². The molecule has 0 radical (unpaired) electrons. The minimum Gasteiger partial charge on any atom is -0.344 e. The van der Waals surface area contributed by atoms with Crippen molar-refractivity contribution >= 4 is 44.0 Å². The molecule has 0 bridgehead atoms. The standard InChI is InChI=1S/C26H20F2N4O2S/c1-15(29-24(33)12-16-10-18(27)13-19(28)11-16)25(34)30-20-8-6-17(7-9-20)21-14-32-22-4-2-3-5-23(22)35-26(32)31-21/h2-11,13-15H,12H2,1H3,(H,29,33)(H,30,34). The topological polar surface area (TPSA) is 75.5 Å². The van der Waals surface area contributed by atoms with Crippen LogP contribution < -0.4 is 10.6 Å². The van der Waals surface area contributed by atoms with E-state index in [1.165, 1.54) is 11.6 Å². The SMILES string of the molecule is CC(NC(=O)Cc1cc(F)cc(F)c1)C(=O)Nc1ccc(-c2cn3c(n2)sc2ccccc23)cc1. The van der Waals surface area contributed by atoms with Crippen molar-refractivity contribution in [3.63, 3.8) is 0 Å². The summed E-state index contributed by atoms with van der Waals surface area (Å²) in [6.45, 7) is 1.54. The number of nitrogens with zero attached hydrogens (tertiary/aromatic N) is 2. The maximum absolute atomic E-state index is 13.3. The second-order valence-corrected chi connectivity index (χ2v) is 9.17. The number of carbonyl (C=O) groups is 2. The van der Waals surface area contributed by atoms with Gasteiger partial charge in [-0.3, -0.25) is 14.0 Å². The maximum atomic E-state index is 13.3. The summed E-state index contributed by atoms with van der Waals surface area (Å²) in [5.74, 6) is -2.44. The number of fused-ring (bicyclic) bond motifs is 3. The van der Waals surface area contributed by atoms with Crippen LogP contribution in [-0.4, -0.2) is 27.2 Å². The molecule has 0 aliphatic heterocycles. The minimum atomic E-state index is -0.839. The Morgan fingerprint density at radius 3 is 2.49 bits per heavy atom. The van der Waals surface area contributed by atoms with Crippen LogP contribution in [-0.2, 0) is 16.0 Å². The lowest BCUT2D eigenvalue weighted by Crippen LogP contribution is -2.42. The molecule has 3 aromatic carbocycles. The molecule has 5 rings (SSSR count). The molecule has 0 saturated carbocycles. The number of benzene rings is 3. The molecule has 176 valence electrons. The summed E-state index contributed by atoms with van der Waals surface area (Å²) in [6, 6.07) is 17.5. The first-order valence-corrected chi connectivity index (χ1v) is 11.7. The largest absolute Gasteiger partial charge is 0.344 e. The zero-order valence-corrected chi connectivity index (χ0v) is 19.4. The van der Waals surface area contributed by atoms with Gasteiger partial charge in [-0.05, 0) is 48.9 Å². The number of anilines is 1. The van der Waals surface area contributed by atoms with E-state index in [9.17, 15) is 18.4 Å². The number of para-hydroxylation sites is 1. The van der Waals surface area contributed by atoms with Gasteiger partial charge in [0.1, 0.15) is 17.7 Å². The van der Waals surface area contributed by atoms with Crippen LogP contribution in [0.15, 0.2) is 72.9 Å². The molecule has 0 aliphatic rings. The third-order valence-corrected chi connectivity index (χ3v) is 6.54. The Hall–Kier alpha value is -4.11. The van der Waals surface area contributed by atoms with Gasteiger partial charge in [0, 0.05) is 23.5 Å². The molecule has 0 spiro atoms. The highest BCUT2D eigenvalue weighted by Crippen LogP contribution is 2.29. The van der Waals surface area contributed by atoms with Gasteiger partial charge in [-0.25, -0.2) is 13.8 Å². The van der Waals surface area contributed by atoms with Crippen molar-refractivity contribution in [2.75, 3.05) is 5.32 Å². The van der Waals surface area contributed by atoms with E-state index in [-0.39, 0.29) is 12.0 Å². The van der Waals surface area contributed by atoms with Crippen molar-refractivity contribution in [3.05, 3.63) is 90.1 Å². The molecule has 0 aliphatic carbocycles. The molecule has 6 nitrogen and oxygen atoms in total. The number of nitrogens with one attached hydrogen (secondary N) is 2. The summed E-state index contributed by atoms with van der Waals surface area (Å²) in [4.78, 5) is 30.3. The number of hydrogen-bond acceptors (Lipinski definition) is 4. The number of carbonyl (C=O) groups excluding carboxylic acids is 2. The lowest BCUT2D eigenvalue weighted by Gasteiger charge is -2.14. The van der Waals surface area contributed by atoms with E-state index in [1.54, 1.807) is 23.5 Å². The van der Waals surface area contributed by atoms with E-state index in [0.29, 0.717) is 5.69 Å². The molecule has 2 aromatic heterocycles. The fourth-order valence-electron chi connectivity index (χ4n) is 3.82. The van der Waals surface area contributed by atoms with Crippen molar-refractivity contribution in [1.29, 1.82) is 0 Å². The van der Waals surface area contributed by atoms with Crippen LogP contribution in [0, 0.1) is 11.6 Å². The molecule has 9 heteroatoms. The van der Waals surface area contributed by atoms with Crippen molar-refractivity contribution < 1.29 is 18.4 Å². The molecule has 2 N–H and O–H groups in total. The third-order valence-electron chi connectivity index (χ3n) is 5.51. The number of hydrogen-bond donors (Lipinski definition) is 2. The Morgan fingerprint density at radius 2 is 1.74 bits per heavy atom. The van der Waals surface area contributed by atoms with Crippen LogP contribution in [0.25, 0.3) is 26.4 Å². The van der Waals surface area contributed by atoms with Gasteiger partial charge < -0.3 is 10.6 Å². The van der Waals surface area contributed by atoms with Crippen LogP contribution in [0.4, 0.5) is 14.5 Å². The normalized spacial score (nSPS) is 12.1. The molecule has 1 atom stereocenters. The average molecular weight is 491 g/mol. The van der Waals surface area contributed by atoms with Crippen LogP contribution in [0.5, 0.6) is 0 Å². The monoisotopic (exact) mass is 490 g/mol. The summed E-state index contributed by atoms with van der Waals surface area (Å²) in [6.07, 6.45) is 1.75. The second kappa shape index (κ2) is 9.27. The third kappa shape index (κ3) is 4.90. The van der Waals surface area contributed by atoms with Gasteiger partial charge in [-0.2, -0.15) is 0 Å². The Labute approximate surface area is 203 Å². The van der Waals surface area contributed by atoms with E-state index >= 15 is 0 Å².